The van der Waals surface area contributed by atoms with Gasteiger partial charge in [0, 0.05) is 34.2 Å². The number of alkyl halides is 3. The lowest BCUT2D eigenvalue weighted by Gasteiger charge is -2.21. The van der Waals surface area contributed by atoms with Crippen molar-refractivity contribution >= 4 is 22.5 Å². The maximum absolute atomic E-state index is 14.0. The van der Waals surface area contributed by atoms with Crippen LogP contribution in [0.3, 0.4) is 0 Å². The summed E-state index contributed by atoms with van der Waals surface area (Å²) >= 11 is 5.94. The van der Waals surface area contributed by atoms with E-state index in [9.17, 15) is 18.4 Å². The van der Waals surface area contributed by atoms with Gasteiger partial charge >= 0.3 is 6.18 Å². The van der Waals surface area contributed by atoms with Crippen LogP contribution in [0, 0.1) is 11.3 Å². The molecule has 0 aliphatic rings. The molecule has 1 N–H and O–H groups in total. The van der Waals surface area contributed by atoms with Crippen molar-refractivity contribution < 1.29 is 17.6 Å². The Morgan fingerprint density at radius 3 is 2.55 bits per heavy atom. The van der Waals surface area contributed by atoms with Crippen LogP contribution >= 0.6 is 11.6 Å². The van der Waals surface area contributed by atoms with Gasteiger partial charge in [-0.15, -0.1) is 0 Å². The molecule has 0 bridgehead atoms. The van der Waals surface area contributed by atoms with Crippen molar-refractivity contribution in [2.75, 3.05) is 0 Å². The summed E-state index contributed by atoms with van der Waals surface area (Å²) in [7, 11) is 0. The minimum Gasteiger partial charge on any atom is -0.468 e. The Hall–Kier alpha value is -3.21. The van der Waals surface area contributed by atoms with Gasteiger partial charge in [-0.2, -0.15) is 18.4 Å². The van der Waals surface area contributed by atoms with Crippen LogP contribution in [0.1, 0.15) is 28.5 Å². The number of nitrogens with zero attached hydrogens (tertiary/aromatic N) is 2. The van der Waals surface area contributed by atoms with Crippen LogP contribution in [-0.4, -0.2) is 10.7 Å². The average molecular weight is 444 g/mol. The molecule has 0 saturated carbocycles. The number of nitrogens with one attached hydrogen (secondary N) is 1. The number of furan rings is 1. The van der Waals surface area contributed by atoms with E-state index in [-0.39, 0.29) is 12.1 Å². The molecule has 2 aromatic carbocycles. The predicted molar refractivity (Wildman–Crippen MR) is 112 cm³/mol. The van der Waals surface area contributed by atoms with Gasteiger partial charge in [0.05, 0.1) is 24.4 Å². The third-order valence-electron chi connectivity index (χ3n) is 5.01. The highest BCUT2D eigenvalue weighted by atomic mass is 35.5. The number of nitriles is 1. The van der Waals surface area contributed by atoms with E-state index in [1.165, 1.54) is 18.5 Å². The highest BCUT2D eigenvalue weighted by Crippen LogP contribution is 2.38. The van der Waals surface area contributed by atoms with Gasteiger partial charge in [0.25, 0.3) is 0 Å². The fourth-order valence-electron chi connectivity index (χ4n) is 3.56. The van der Waals surface area contributed by atoms with Crippen LogP contribution in [0.25, 0.3) is 10.9 Å². The average Bonchev–Trinajstić information content (AvgIpc) is 3.37. The Morgan fingerprint density at radius 1 is 1.13 bits per heavy atom. The molecule has 2 heterocycles. The van der Waals surface area contributed by atoms with Crippen molar-refractivity contribution in [3.05, 3.63) is 94.5 Å². The molecule has 1 atom stereocenters. The van der Waals surface area contributed by atoms with Crippen molar-refractivity contribution in [1.29, 1.82) is 5.26 Å². The van der Waals surface area contributed by atoms with E-state index < -0.39 is 12.2 Å². The van der Waals surface area contributed by atoms with Gasteiger partial charge in [0.1, 0.15) is 11.8 Å². The first-order chi connectivity index (χ1) is 14.8. The molecule has 0 amide bonds. The maximum atomic E-state index is 14.0. The van der Waals surface area contributed by atoms with Crippen molar-refractivity contribution in [1.82, 2.24) is 9.88 Å². The molecule has 158 valence electrons. The molecule has 0 spiro atoms. The first-order valence-electron chi connectivity index (χ1n) is 9.45. The number of aromatic nitrogens is 1. The van der Waals surface area contributed by atoms with Crippen molar-refractivity contribution in [2.45, 2.75) is 25.3 Å². The Kier molecular flexibility index (Phi) is 5.77. The molecule has 0 aliphatic carbocycles. The minimum atomic E-state index is -4.53. The molecule has 1 unspecified atom stereocenters. The molecular formula is C23H17ClF3N3O. The molecular weight excluding hydrogens is 427 g/mol. The van der Waals surface area contributed by atoms with Gasteiger partial charge < -0.3 is 8.98 Å². The fourth-order valence-corrected chi connectivity index (χ4v) is 3.68. The summed E-state index contributed by atoms with van der Waals surface area (Å²) in [4.78, 5) is 0. The first kappa shape index (κ1) is 21.0. The zero-order valence-corrected chi connectivity index (χ0v) is 16.9. The van der Waals surface area contributed by atoms with Crippen LogP contribution in [0.15, 0.2) is 71.5 Å². The lowest BCUT2D eigenvalue weighted by atomic mass is 10.0. The molecule has 31 heavy (non-hydrogen) atoms. The second-order valence-corrected chi connectivity index (χ2v) is 7.55. The van der Waals surface area contributed by atoms with E-state index in [1.807, 2.05) is 18.2 Å². The van der Waals surface area contributed by atoms with Crippen LogP contribution in [0.4, 0.5) is 13.2 Å². The van der Waals surface area contributed by atoms with Crippen LogP contribution in [0.5, 0.6) is 0 Å². The summed E-state index contributed by atoms with van der Waals surface area (Å²) in [5, 5.41) is 12.8. The largest absolute Gasteiger partial charge is 0.468 e. The van der Waals surface area contributed by atoms with E-state index in [1.54, 1.807) is 41.0 Å². The molecule has 4 aromatic rings. The summed E-state index contributed by atoms with van der Waals surface area (Å²) in [6, 6.07) is 15.2. The fraction of sp³-hybridized carbons (Fsp3) is 0.174. The topological polar surface area (TPSA) is 53.9 Å². The summed E-state index contributed by atoms with van der Waals surface area (Å²) < 4.78 is 48.9. The number of rotatable bonds is 6. The molecule has 0 aliphatic heterocycles. The predicted octanol–water partition coefficient (Wildman–Crippen LogP) is 6.20. The van der Waals surface area contributed by atoms with Crippen molar-refractivity contribution in [3.63, 3.8) is 0 Å². The van der Waals surface area contributed by atoms with Gasteiger partial charge in [-0.1, -0.05) is 29.8 Å². The number of hydrogen-bond donors (Lipinski definition) is 1. The second-order valence-electron chi connectivity index (χ2n) is 7.12. The Labute approximate surface area is 181 Å². The highest BCUT2D eigenvalue weighted by molar-refractivity contribution is 6.30. The van der Waals surface area contributed by atoms with E-state index in [4.69, 9.17) is 16.0 Å². The minimum absolute atomic E-state index is 0.0721. The summed E-state index contributed by atoms with van der Waals surface area (Å²) in [6.45, 7) is 0.266. The quantitative estimate of drug-likeness (QED) is 0.386. The zero-order valence-electron chi connectivity index (χ0n) is 16.2. The molecule has 2 aromatic heterocycles. The highest BCUT2D eigenvalue weighted by Gasteiger charge is 2.42. The standard InChI is InChI=1S/C23H17ClF3N3O/c24-17-6-3-15(4-7-17)13-30-14-20(19-8-5-16(11-28)10-21(19)30)22(23(25,26)27)29-12-18-2-1-9-31-18/h1-10,14,22,29H,12-13H2. The Bertz CT molecular complexity index is 1220. The second kappa shape index (κ2) is 8.50. The van der Waals surface area contributed by atoms with Gasteiger partial charge in [0.2, 0.25) is 0 Å². The number of halogens is 4. The molecule has 4 rings (SSSR count). The Balaban J connectivity index is 1.77. The van der Waals surface area contributed by atoms with Crippen molar-refractivity contribution in [2.24, 2.45) is 0 Å². The monoisotopic (exact) mass is 443 g/mol. The van der Waals surface area contributed by atoms with Gasteiger partial charge in [0.15, 0.2) is 0 Å². The number of fused-ring (bicyclic) bond motifs is 1. The van der Waals surface area contributed by atoms with Gasteiger partial charge in [-0.25, -0.2) is 0 Å². The molecule has 4 nitrogen and oxygen atoms in total. The molecule has 0 radical (unpaired) electrons. The normalized spacial score (nSPS) is 12.7. The SMILES string of the molecule is N#Cc1ccc2c(C(NCc3ccco3)C(F)(F)F)cn(Cc3ccc(Cl)cc3)c2c1. The van der Waals surface area contributed by atoms with Crippen LogP contribution < -0.4 is 5.32 Å². The van der Waals surface area contributed by atoms with Gasteiger partial charge in [-0.3, -0.25) is 5.32 Å². The van der Waals surface area contributed by atoms with E-state index in [0.717, 1.165) is 5.56 Å². The Morgan fingerprint density at radius 2 is 1.90 bits per heavy atom. The van der Waals surface area contributed by atoms with Crippen LogP contribution in [0.2, 0.25) is 5.02 Å². The maximum Gasteiger partial charge on any atom is 0.407 e. The number of hydrogen-bond acceptors (Lipinski definition) is 3. The summed E-state index contributed by atoms with van der Waals surface area (Å²) in [6.07, 6.45) is -1.62. The number of benzene rings is 2. The summed E-state index contributed by atoms with van der Waals surface area (Å²) in [5.41, 5.74) is 1.90. The smallest absolute Gasteiger partial charge is 0.407 e. The lowest BCUT2D eigenvalue weighted by Crippen LogP contribution is -2.33. The lowest BCUT2D eigenvalue weighted by molar-refractivity contribution is -0.158. The molecule has 0 fully saturated rings. The zero-order chi connectivity index (χ0) is 22.0. The van der Waals surface area contributed by atoms with Crippen LogP contribution in [-0.2, 0) is 13.1 Å². The van der Waals surface area contributed by atoms with Crippen molar-refractivity contribution in [3.8, 4) is 6.07 Å². The molecule has 8 heteroatoms. The molecule has 0 saturated heterocycles. The van der Waals surface area contributed by atoms with E-state index in [0.29, 0.717) is 33.8 Å². The van der Waals surface area contributed by atoms with E-state index >= 15 is 0 Å². The van der Waals surface area contributed by atoms with E-state index in [2.05, 4.69) is 5.32 Å². The third-order valence-corrected chi connectivity index (χ3v) is 5.26. The third kappa shape index (κ3) is 4.61. The first-order valence-corrected chi connectivity index (χ1v) is 9.83. The van der Waals surface area contributed by atoms with Gasteiger partial charge in [-0.05, 0) is 42.0 Å². The summed E-state index contributed by atoms with van der Waals surface area (Å²) in [5.74, 6) is 0.408.